The minimum absolute atomic E-state index is 0.0119. The van der Waals surface area contributed by atoms with Crippen LogP contribution in [0.3, 0.4) is 0 Å². The van der Waals surface area contributed by atoms with Gasteiger partial charge in [0.25, 0.3) is 0 Å². The van der Waals surface area contributed by atoms with Gasteiger partial charge in [0.05, 0.1) is 23.1 Å². The maximum atomic E-state index is 13.8. The normalized spacial score (nSPS) is 16.9. The van der Waals surface area contributed by atoms with Crippen LogP contribution in [-0.4, -0.2) is 18.5 Å². The second-order valence-corrected chi connectivity index (χ2v) is 52.6. The molecule has 0 nitrogen and oxygen atoms in total. The molecule has 0 aliphatic heterocycles. The van der Waals surface area contributed by atoms with E-state index in [0.717, 1.165) is 110 Å². The predicted molar refractivity (Wildman–Crippen MR) is 622 cm³/mol. The van der Waals surface area contributed by atoms with E-state index in [1.54, 1.807) is 39.0 Å². The molecule has 3 unspecified atom stereocenters. The molecule has 0 spiro atoms. The summed E-state index contributed by atoms with van der Waals surface area (Å²) < 4.78 is 289. The molecule has 0 heterocycles. The van der Waals surface area contributed by atoms with Crippen LogP contribution in [0.15, 0.2) is 236 Å². The molecule has 146 heavy (non-hydrogen) atoms. The maximum absolute atomic E-state index is 13.8. The van der Waals surface area contributed by atoms with E-state index in [9.17, 15) is 39.5 Å². The summed E-state index contributed by atoms with van der Waals surface area (Å²) in [5.41, 5.74) is 4.41. The molecule has 0 aromatic heterocycles. The molecular formula is C137H201F9. The standard InChI is InChI=1S/C21H30F6.C21H36.C19H32.2C16H18.C15H21F3.C15H24.C14H22/c1-13(19(7,8)21(25,26)27)15-11-9-10-14(16(15)17(2,3)4)12-18(5,6)20(22,23)24;1-15(20(5,6)7)17-13-11-12-16(14-19(2,3)4)18(17)21(8,9)10;1-13(2)12-16-10-9-11-17(15(5)14(3)4)18(16)19(6,7)8;2*1-16(2,3)15-12-8-7-11-14(15)13-9-5-4-6-10-13;1-13(2,3)12-9-7-6-8-11(12)10-14(4,5)15(16,17)18;1-14(2,3)11-12-9-7-8-10-13(12)15(4,5)6;1-11(2)10-12-8-6-7-9-13(12)14(3,4)5/h9-11,13H,12H2,1-8H3;11-13,15H,14H2,1-10H3;9-11,13-15H,12H2,1-8H3;2*4-12H,1-3H3;6-9H,10H2,1-5H3;7-10H,11H2,1-6H3;6-9,11H,10H2,1-5H3/i12D2,13D;14D2,15D;12D2,15D;4D,5D,6D,9D,10D;;10D2;11D2;10D2. The van der Waals surface area contributed by atoms with Crippen LogP contribution in [0.2, 0.25) is 0 Å². The Bertz CT molecular complexity index is 6520. The summed E-state index contributed by atoms with van der Waals surface area (Å²) in [5.74, 6) is -3.79. The van der Waals surface area contributed by atoms with E-state index < -0.39 is 112 Å². The van der Waals surface area contributed by atoms with Crippen molar-refractivity contribution in [2.45, 2.75) is 450 Å². The molecule has 0 aliphatic carbocycles. The van der Waals surface area contributed by atoms with Crippen molar-refractivity contribution in [1.29, 1.82) is 0 Å². The van der Waals surface area contributed by atoms with Crippen LogP contribution >= 0.6 is 0 Å². The summed E-state index contributed by atoms with van der Waals surface area (Å²) in [5, 5.41) is 0. The highest BCUT2D eigenvalue weighted by Gasteiger charge is 2.53. The van der Waals surface area contributed by atoms with Gasteiger partial charge in [-0.1, -0.05) is 569 Å². The second kappa shape index (κ2) is 52.1. The maximum Gasteiger partial charge on any atom is 0.394 e. The van der Waals surface area contributed by atoms with Gasteiger partial charge in [-0.3, -0.25) is 0 Å². The van der Waals surface area contributed by atoms with Crippen LogP contribution in [0, 0.1) is 50.2 Å². The molecule has 3 atom stereocenters. The van der Waals surface area contributed by atoms with Crippen molar-refractivity contribution in [3.8, 4) is 22.3 Å². The number of hydrogen-bond acceptors (Lipinski definition) is 0. The average Bonchev–Trinajstić information content (AvgIpc) is 0.707. The van der Waals surface area contributed by atoms with Crippen LogP contribution in [0.1, 0.15) is 472 Å². The van der Waals surface area contributed by atoms with Gasteiger partial charge in [0.15, 0.2) is 0 Å². The fourth-order valence-electron chi connectivity index (χ4n) is 16.4. The van der Waals surface area contributed by atoms with Crippen LogP contribution in [-0.2, 0) is 81.6 Å². The molecule has 0 amide bonds. The molecule has 0 saturated heterocycles. The minimum atomic E-state index is -4.91. The Kier molecular flexibility index (Phi) is 35.9. The van der Waals surface area contributed by atoms with Crippen LogP contribution in [0.5, 0.6) is 0 Å². The van der Waals surface area contributed by atoms with Gasteiger partial charge in [0.2, 0.25) is 0 Å². The third-order valence-corrected chi connectivity index (χ3v) is 25.1. The molecular weight excluding hydrogens is 1820 g/mol. The molecule has 9 heteroatoms. The summed E-state index contributed by atoms with van der Waals surface area (Å²) in [4.78, 5) is 0. The number of benzene rings is 10. The Hall–Kier alpha value is -8.43. The lowest BCUT2D eigenvalue weighted by Crippen LogP contribution is -2.38. The van der Waals surface area contributed by atoms with Crippen molar-refractivity contribution in [3.63, 3.8) is 0 Å². The molecule has 0 fully saturated rings. The number of halogens is 9. The summed E-state index contributed by atoms with van der Waals surface area (Å²) in [6.07, 6.45) is -25.2. The van der Waals surface area contributed by atoms with Crippen molar-refractivity contribution in [1.82, 2.24) is 0 Å². The molecule has 10 aromatic carbocycles. The Balaban J connectivity index is 0.000000489. The van der Waals surface area contributed by atoms with E-state index >= 15 is 0 Å². The molecule has 0 bridgehead atoms. The van der Waals surface area contributed by atoms with Gasteiger partial charge in [-0.05, 0) is 250 Å². The highest BCUT2D eigenvalue weighted by Crippen LogP contribution is 2.53. The smallest absolute Gasteiger partial charge is 0.171 e. The molecule has 0 aliphatic rings. The van der Waals surface area contributed by atoms with Gasteiger partial charge in [-0.25, -0.2) is 0 Å². The topological polar surface area (TPSA) is 0 Å². The van der Waals surface area contributed by atoms with Gasteiger partial charge >= 0.3 is 18.5 Å². The van der Waals surface area contributed by atoms with E-state index in [4.69, 9.17) is 27.4 Å². The van der Waals surface area contributed by atoms with E-state index in [-0.39, 0.29) is 114 Å². The summed E-state index contributed by atoms with van der Waals surface area (Å²) in [6.45, 7) is 88.4. The zero-order valence-corrected chi connectivity index (χ0v) is 98.8. The van der Waals surface area contributed by atoms with Gasteiger partial charge < -0.3 is 0 Å². The number of alkyl halides is 9. The van der Waals surface area contributed by atoms with E-state index in [2.05, 4.69) is 193 Å². The fraction of sp³-hybridized carbons (Fsp3) is 0.562. The third-order valence-electron chi connectivity index (χ3n) is 25.1. The van der Waals surface area contributed by atoms with Crippen LogP contribution in [0.4, 0.5) is 39.5 Å². The van der Waals surface area contributed by atoms with Crippen LogP contribution in [0.25, 0.3) is 22.3 Å². The fourth-order valence-corrected chi connectivity index (χ4v) is 16.4. The lowest BCUT2D eigenvalue weighted by Gasteiger charge is -2.39. The Morgan fingerprint density at radius 1 is 0.247 bits per heavy atom. The van der Waals surface area contributed by atoms with Gasteiger partial charge in [-0.2, -0.15) is 39.5 Å². The van der Waals surface area contributed by atoms with E-state index in [1.165, 1.54) is 41.0 Å². The van der Waals surface area contributed by atoms with Crippen molar-refractivity contribution in [3.05, 3.63) is 331 Å². The lowest BCUT2D eigenvalue weighted by molar-refractivity contribution is -0.218. The van der Waals surface area contributed by atoms with Crippen LogP contribution < -0.4 is 0 Å². The molecule has 10 aromatic rings. The SMILES string of the molecule is CC(C)(C)c1ccccc1-c1ccccc1.[2H]C([2H])(c1cccc(C([2H])(C)C(C)(C)C(F)(F)F)c1C(C)(C)C)C(C)(C)C(F)(F)F.[2H]C([2H])(c1cccc(C([2H])(C)C(C)(C)C)c1C(C)(C)C)C(C)(C)C.[2H]C([2H])(c1cccc(C([2H])(C)C(C)C)c1C(C)(C)C)C(C)C.[2H]C([2H])(c1ccccc1C(C)(C)C)C(C)(C)C.[2H]C([2H])(c1ccccc1C(C)(C)C)C(C)(C)C(F)(F)F.[2H]C([2H])(c1ccccc1C(C)(C)C)C(C)C.[2H]c1c([2H])c([2H])c(-c2ccccc2C(C)(C)C)c([2H])c1[2H]. The Labute approximate surface area is 916 Å². The molecule has 0 N–H and O–H groups in total. The summed E-state index contributed by atoms with van der Waals surface area (Å²) in [6, 6.07) is 63.0. The highest BCUT2D eigenvalue weighted by atomic mass is 19.4. The highest BCUT2D eigenvalue weighted by molar-refractivity contribution is 5.70. The van der Waals surface area contributed by atoms with Gasteiger partial charge in [-0.15, -0.1) is 0 Å². The third kappa shape index (κ3) is 41.4. The molecule has 0 saturated carbocycles. The van der Waals surface area contributed by atoms with Crippen molar-refractivity contribution in [2.24, 2.45) is 50.2 Å². The monoisotopic (exact) mass is 2040 g/mol. The lowest BCUT2D eigenvalue weighted by atomic mass is 9.68. The zero-order valence-electron chi connectivity index (χ0n) is 119. The molecule has 10 rings (SSSR count). The minimum Gasteiger partial charge on any atom is -0.171 e. The Morgan fingerprint density at radius 3 is 0.842 bits per heavy atom. The zero-order chi connectivity index (χ0) is 131. The van der Waals surface area contributed by atoms with Crippen molar-refractivity contribution < 1.29 is 66.9 Å². The quantitative estimate of drug-likeness (QED) is 0.0797. The summed E-state index contributed by atoms with van der Waals surface area (Å²) >= 11 is 0. The van der Waals surface area contributed by atoms with Crippen molar-refractivity contribution >= 4 is 0 Å². The predicted octanol–water partition coefficient (Wildman–Crippen LogP) is 43.6. The average molecular weight is 2040 g/mol. The van der Waals surface area contributed by atoms with Gasteiger partial charge in [0, 0.05) is 20.6 Å². The first-order valence-electron chi connectivity index (χ1n) is 61.8. The molecule has 0 radical (unpaired) electrons. The first-order valence-corrected chi connectivity index (χ1v) is 51.8. The molecule has 812 valence electrons. The summed E-state index contributed by atoms with van der Waals surface area (Å²) in [7, 11) is 0. The van der Waals surface area contributed by atoms with Gasteiger partial charge in [0.1, 0.15) is 0 Å². The van der Waals surface area contributed by atoms with E-state index in [1.807, 2.05) is 234 Å². The first kappa shape index (κ1) is 101. The number of hydrogen-bond donors (Lipinski definition) is 0. The number of rotatable bonds is 17. The largest absolute Gasteiger partial charge is 0.394 e. The second-order valence-electron chi connectivity index (χ2n) is 52.6. The van der Waals surface area contributed by atoms with E-state index in [0.29, 0.717) is 11.1 Å². The Morgan fingerprint density at radius 2 is 0.514 bits per heavy atom. The van der Waals surface area contributed by atoms with Crippen molar-refractivity contribution in [2.75, 3.05) is 0 Å². The first-order chi connectivity index (χ1) is 73.6.